The second-order valence-electron chi connectivity index (χ2n) is 6.12. The first kappa shape index (κ1) is 19.4. The molecule has 3 aromatic carbocycles. The number of hydrogen-bond donors (Lipinski definition) is 0. The van der Waals surface area contributed by atoms with Crippen LogP contribution in [0.2, 0.25) is 0 Å². The summed E-state index contributed by atoms with van der Waals surface area (Å²) in [6, 6.07) is 15.2. The molecule has 1 nitrogen and oxygen atoms in total. The van der Waals surface area contributed by atoms with Crippen LogP contribution < -0.4 is 4.74 Å². The molecule has 140 valence electrons. The topological polar surface area (TPSA) is 9.23 Å². The Morgan fingerprint density at radius 3 is 2.33 bits per heavy atom. The van der Waals surface area contributed by atoms with Gasteiger partial charge in [0.2, 0.25) is 5.82 Å². The summed E-state index contributed by atoms with van der Waals surface area (Å²) in [5.74, 6) is -2.96. The highest BCUT2D eigenvalue weighted by Crippen LogP contribution is 2.42. The van der Waals surface area contributed by atoms with Gasteiger partial charge in [-0.3, -0.25) is 0 Å². The van der Waals surface area contributed by atoms with E-state index in [2.05, 4.69) is 0 Å². The molecule has 0 aliphatic carbocycles. The standard InChI is InChI=1S/C22H19F3OS/c1-3-11-26-18-13-19(27-15-7-5-4-6-8-15)20(22(25)21(18)24)16-10-9-14(2)12-17(16)23/h4-10,12-13H,3,11H2,1-2H3. The van der Waals surface area contributed by atoms with Gasteiger partial charge in [0, 0.05) is 20.9 Å². The molecule has 3 aromatic rings. The number of halogens is 3. The molecule has 0 unspecified atom stereocenters. The third kappa shape index (κ3) is 4.30. The zero-order valence-corrected chi connectivity index (χ0v) is 15.9. The van der Waals surface area contributed by atoms with Gasteiger partial charge in [0.25, 0.3) is 0 Å². The van der Waals surface area contributed by atoms with Crippen molar-refractivity contribution in [2.45, 2.75) is 30.1 Å². The lowest BCUT2D eigenvalue weighted by atomic mass is 10.0. The normalized spacial score (nSPS) is 10.9. The molecule has 0 aliphatic heterocycles. The van der Waals surface area contributed by atoms with Gasteiger partial charge in [-0.25, -0.2) is 8.78 Å². The maximum atomic E-state index is 15.0. The molecule has 5 heteroatoms. The van der Waals surface area contributed by atoms with E-state index in [1.165, 1.54) is 30.0 Å². The molecule has 0 saturated carbocycles. The summed E-state index contributed by atoms with van der Waals surface area (Å²) in [5, 5.41) is 0. The predicted molar refractivity (Wildman–Crippen MR) is 103 cm³/mol. The highest BCUT2D eigenvalue weighted by Gasteiger charge is 2.23. The van der Waals surface area contributed by atoms with E-state index in [1.54, 1.807) is 13.0 Å². The highest BCUT2D eigenvalue weighted by molar-refractivity contribution is 7.99. The smallest absolute Gasteiger partial charge is 0.201 e. The van der Waals surface area contributed by atoms with Crippen molar-refractivity contribution in [1.29, 1.82) is 0 Å². The third-order valence-corrected chi connectivity index (χ3v) is 5.01. The molecule has 0 aliphatic rings. The minimum Gasteiger partial charge on any atom is -0.490 e. The SMILES string of the molecule is CCCOc1cc(Sc2ccccc2)c(-c2ccc(C)cc2F)c(F)c1F. The van der Waals surface area contributed by atoms with Gasteiger partial charge in [-0.1, -0.05) is 49.0 Å². The van der Waals surface area contributed by atoms with E-state index in [4.69, 9.17) is 4.74 Å². The van der Waals surface area contributed by atoms with Gasteiger partial charge < -0.3 is 4.74 Å². The van der Waals surface area contributed by atoms with Crippen molar-refractivity contribution in [3.63, 3.8) is 0 Å². The van der Waals surface area contributed by atoms with Crippen molar-refractivity contribution in [3.8, 4) is 16.9 Å². The number of hydrogen-bond acceptors (Lipinski definition) is 2. The first-order valence-corrected chi connectivity index (χ1v) is 9.47. The lowest BCUT2D eigenvalue weighted by molar-refractivity contribution is 0.294. The summed E-state index contributed by atoms with van der Waals surface area (Å²) in [5.41, 5.74) is 0.637. The molecule has 0 saturated heterocycles. The molecule has 27 heavy (non-hydrogen) atoms. The van der Waals surface area contributed by atoms with Crippen LogP contribution in [0.4, 0.5) is 13.2 Å². The predicted octanol–water partition coefficient (Wildman–Crippen LogP) is 7.02. The molecule has 0 bridgehead atoms. The van der Waals surface area contributed by atoms with Crippen molar-refractivity contribution >= 4 is 11.8 Å². The fraction of sp³-hybridized carbons (Fsp3) is 0.182. The Hall–Kier alpha value is -2.40. The van der Waals surface area contributed by atoms with Gasteiger partial charge >= 0.3 is 0 Å². The average molecular weight is 388 g/mol. The van der Waals surface area contributed by atoms with Crippen molar-refractivity contribution in [1.82, 2.24) is 0 Å². The monoisotopic (exact) mass is 388 g/mol. The molecule has 0 heterocycles. The maximum Gasteiger partial charge on any atom is 0.201 e. The van der Waals surface area contributed by atoms with E-state index in [0.717, 1.165) is 4.90 Å². The molecule has 0 aromatic heterocycles. The van der Waals surface area contributed by atoms with Crippen molar-refractivity contribution in [3.05, 3.63) is 77.6 Å². The Balaban J connectivity index is 2.18. The van der Waals surface area contributed by atoms with Gasteiger partial charge in [0.15, 0.2) is 11.6 Å². The van der Waals surface area contributed by atoms with E-state index < -0.39 is 17.5 Å². The van der Waals surface area contributed by atoms with Gasteiger partial charge in [-0.05, 0) is 43.2 Å². The molecule has 0 fully saturated rings. The summed E-state index contributed by atoms with van der Waals surface area (Å²) >= 11 is 1.24. The Labute approximate surface area is 161 Å². The van der Waals surface area contributed by atoms with Crippen molar-refractivity contribution in [2.24, 2.45) is 0 Å². The first-order valence-electron chi connectivity index (χ1n) is 8.65. The number of benzene rings is 3. The number of aryl methyl sites for hydroxylation is 1. The van der Waals surface area contributed by atoms with Crippen LogP contribution in [0.15, 0.2) is 64.4 Å². The molecule has 0 radical (unpaired) electrons. The van der Waals surface area contributed by atoms with Crippen LogP contribution in [0.25, 0.3) is 11.1 Å². The molecule has 0 amide bonds. The first-order chi connectivity index (χ1) is 13.0. The fourth-order valence-corrected chi connectivity index (χ4v) is 3.68. The largest absolute Gasteiger partial charge is 0.490 e. The summed E-state index contributed by atoms with van der Waals surface area (Å²) in [6.07, 6.45) is 0.663. The average Bonchev–Trinajstić information content (AvgIpc) is 2.66. The second kappa shape index (κ2) is 8.53. The van der Waals surface area contributed by atoms with Crippen molar-refractivity contribution < 1.29 is 17.9 Å². The lowest BCUT2D eigenvalue weighted by Crippen LogP contribution is -2.03. The van der Waals surface area contributed by atoms with Crippen LogP contribution in [-0.4, -0.2) is 6.61 Å². The Morgan fingerprint density at radius 2 is 1.67 bits per heavy atom. The minimum absolute atomic E-state index is 0.0254. The number of ether oxygens (including phenoxy) is 1. The quantitative estimate of drug-likeness (QED) is 0.449. The Bertz CT molecular complexity index is 942. The Kier molecular flexibility index (Phi) is 6.11. The highest BCUT2D eigenvalue weighted by atomic mass is 32.2. The zero-order chi connectivity index (χ0) is 19.4. The van der Waals surface area contributed by atoms with E-state index in [9.17, 15) is 13.2 Å². The summed E-state index contributed by atoms with van der Waals surface area (Å²) < 4.78 is 49.5. The number of rotatable bonds is 6. The van der Waals surface area contributed by atoms with Crippen LogP contribution in [0, 0.1) is 24.4 Å². The molecular weight excluding hydrogens is 369 g/mol. The molecule has 0 N–H and O–H groups in total. The van der Waals surface area contributed by atoms with Gasteiger partial charge in [0.05, 0.1) is 6.61 Å². The molecule has 0 atom stereocenters. The van der Waals surface area contributed by atoms with Gasteiger partial charge in [-0.15, -0.1) is 0 Å². The lowest BCUT2D eigenvalue weighted by Gasteiger charge is -2.16. The van der Waals surface area contributed by atoms with Crippen molar-refractivity contribution in [2.75, 3.05) is 6.61 Å². The fourth-order valence-electron chi connectivity index (χ4n) is 2.67. The van der Waals surface area contributed by atoms with Crippen LogP contribution in [-0.2, 0) is 0 Å². The minimum atomic E-state index is -1.11. The van der Waals surface area contributed by atoms with Gasteiger partial charge in [-0.2, -0.15) is 4.39 Å². The van der Waals surface area contributed by atoms with Crippen LogP contribution in [0.3, 0.4) is 0 Å². The summed E-state index contributed by atoms with van der Waals surface area (Å²) in [4.78, 5) is 1.23. The van der Waals surface area contributed by atoms with Crippen LogP contribution in [0.1, 0.15) is 18.9 Å². The molecule has 3 rings (SSSR count). The van der Waals surface area contributed by atoms with Crippen LogP contribution in [0.5, 0.6) is 5.75 Å². The van der Waals surface area contributed by atoms with E-state index in [1.807, 2.05) is 37.3 Å². The molecular formula is C22H19F3OS. The van der Waals surface area contributed by atoms with E-state index in [0.29, 0.717) is 16.9 Å². The summed E-state index contributed by atoms with van der Waals surface area (Å²) in [6.45, 7) is 3.89. The van der Waals surface area contributed by atoms with E-state index >= 15 is 0 Å². The maximum absolute atomic E-state index is 15.0. The summed E-state index contributed by atoms with van der Waals surface area (Å²) in [7, 11) is 0. The third-order valence-electron chi connectivity index (χ3n) is 3.96. The van der Waals surface area contributed by atoms with Crippen LogP contribution >= 0.6 is 11.8 Å². The zero-order valence-electron chi connectivity index (χ0n) is 15.1. The Morgan fingerprint density at radius 1 is 0.926 bits per heavy atom. The molecule has 0 spiro atoms. The van der Waals surface area contributed by atoms with E-state index in [-0.39, 0.29) is 23.5 Å². The second-order valence-corrected chi connectivity index (χ2v) is 7.24. The van der Waals surface area contributed by atoms with Gasteiger partial charge in [0.1, 0.15) is 5.82 Å².